The number of benzene rings is 1. The highest BCUT2D eigenvalue weighted by Crippen LogP contribution is 2.06. The molecule has 4 nitrogen and oxygen atoms in total. The third kappa shape index (κ3) is 5.68. The Balaban J connectivity index is 2.30. The third-order valence-electron chi connectivity index (χ3n) is 2.31. The molecule has 1 aromatic carbocycles. The number of carbonyl (C=O) groups is 1. The van der Waals surface area contributed by atoms with Gasteiger partial charge in [-0.15, -0.1) is 0 Å². The molecule has 0 radical (unpaired) electrons. The van der Waals surface area contributed by atoms with Gasteiger partial charge in [-0.3, -0.25) is 5.43 Å². The summed E-state index contributed by atoms with van der Waals surface area (Å²) in [7, 11) is 0. The molecule has 100 valence electrons. The zero-order valence-corrected chi connectivity index (χ0v) is 11.5. The third-order valence-corrected chi connectivity index (χ3v) is 2.31. The Morgan fingerprint density at radius 1 is 1.17 bits per heavy atom. The normalized spacial score (nSPS) is 11.1. The van der Waals surface area contributed by atoms with E-state index in [2.05, 4.69) is 29.9 Å². The molecular formula is C14H22N2O2. The molecule has 0 fully saturated rings. The van der Waals surface area contributed by atoms with Crippen LogP contribution in [0.15, 0.2) is 24.3 Å². The van der Waals surface area contributed by atoms with Crippen LogP contribution in [0.4, 0.5) is 4.79 Å². The van der Waals surface area contributed by atoms with E-state index in [1.165, 1.54) is 5.56 Å². The fourth-order valence-corrected chi connectivity index (χ4v) is 1.41. The van der Waals surface area contributed by atoms with Crippen LogP contribution >= 0.6 is 0 Å². The second-order valence-corrected chi connectivity index (χ2v) is 5.15. The van der Waals surface area contributed by atoms with Crippen molar-refractivity contribution >= 4 is 6.09 Å². The minimum atomic E-state index is -0.478. The smallest absolute Gasteiger partial charge is 0.422 e. The molecule has 1 amide bonds. The van der Waals surface area contributed by atoms with Crippen molar-refractivity contribution in [1.82, 2.24) is 10.9 Å². The number of amides is 1. The Labute approximate surface area is 109 Å². The Hall–Kier alpha value is -1.55. The van der Waals surface area contributed by atoms with E-state index in [9.17, 15) is 4.79 Å². The lowest BCUT2D eigenvalue weighted by Gasteiger charge is -2.19. The van der Waals surface area contributed by atoms with Crippen LogP contribution in [0, 0.1) is 0 Å². The van der Waals surface area contributed by atoms with Gasteiger partial charge in [-0.05, 0) is 38.3 Å². The van der Waals surface area contributed by atoms with Crippen LogP contribution in [0.25, 0.3) is 0 Å². The van der Waals surface area contributed by atoms with Gasteiger partial charge < -0.3 is 4.74 Å². The molecule has 0 saturated heterocycles. The zero-order valence-electron chi connectivity index (χ0n) is 11.5. The summed E-state index contributed by atoms with van der Waals surface area (Å²) >= 11 is 0. The first kappa shape index (κ1) is 14.5. The van der Waals surface area contributed by atoms with Crippen LogP contribution < -0.4 is 10.9 Å². The van der Waals surface area contributed by atoms with E-state index in [0.717, 1.165) is 12.0 Å². The number of ether oxygens (including phenoxy) is 1. The first-order chi connectivity index (χ1) is 8.40. The summed E-state index contributed by atoms with van der Waals surface area (Å²) in [5.41, 5.74) is 7.28. The predicted molar refractivity (Wildman–Crippen MR) is 72.0 cm³/mol. The summed E-state index contributed by atoms with van der Waals surface area (Å²) < 4.78 is 5.10. The zero-order chi connectivity index (χ0) is 13.6. The van der Waals surface area contributed by atoms with Crippen LogP contribution in [-0.2, 0) is 17.7 Å². The van der Waals surface area contributed by atoms with E-state index in [0.29, 0.717) is 6.54 Å². The standard InChI is InChI=1S/C14H22N2O2/c1-5-11-6-8-12(9-7-11)10-15-16-13(17)18-14(2,3)4/h6-9,15H,5,10H2,1-4H3,(H,16,17). The number of hydrogen-bond donors (Lipinski definition) is 2. The Kier molecular flexibility index (Phi) is 5.16. The maximum Gasteiger partial charge on any atom is 0.422 e. The van der Waals surface area contributed by atoms with Gasteiger partial charge in [-0.25, -0.2) is 10.2 Å². The van der Waals surface area contributed by atoms with Crippen molar-refractivity contribution in [2.24, 2.45) is 0 Å². The molecular weight excluding hydrogens is 228 g/mol. The van der Waals surface area contributed by atoms with Crippen molar-refractivity contribution in [3.05, 3.63) is 35.4 Å². The lowest BCUT2D eigenvalue weighted by molar-refractivity contribution is 0.0497. The Bertz CT molecular complexity index is 380. The lowest BCUT2D eigenvalue weighted by atomic mass is 10.1. The molecule has 0 heterocycles. The van der Waals surface area contributed by atoms with E-state index < -0.39 is 11.7 Å². The Morgan fingerprint density at radius 2 is 1.72 bits per heavy atom. The van der Waals surface area contributed by atoms with Crippen LogP contribution in [-0.4, -0.2) is 11.7 Å². The average molecular weight is 250 g/mol. The minimum Gasteiger partial charge on any atom is -0.443 e. The van der Waals surface area contributed by atoms with Crippen LogP contribution in [0.3, 0.4) is 0 Å². The molecule has 0 unspecified atom stereocenters. The molecule has 0 aliphatic rings. The second-order valence-electron chi connectivity index (χ2n) is 5.15. The highest BCUT2D eigenvalue weighted by molar-refractivity contribution is 5.66. The van der Waals surface area contributed by atoms with Crippen molar-refractivity contribution in [1.29, 1.82) is 0 Å². The molecule has 0 aliphatic heterocycles. The molecule has 0 aliphatic carbocycles. The highest BCUT2D eigenvalue weighted by atomic mass is 16.6. The highest BCUT2D eigenvalue weighted by Gasteiger charge is 2.15. The van der Waals surface area contributed by atoms with E-state index in [4.69, 9.17) is 4.74 Å². The topological polar surface area (TPSA) is 50.4 Å². The van der Waals surface area contributed by atoms with Gasteiger partial charge in [0.25, 0.3) is 0 Å². The molecule has 0 saturated carbocycles. The van der Waals surface area contributed by atoms with Gasteiger partial charge in [-0.2, -0.15) is 0 Å². The predicted octanol–water partition coefficient (Wildman–Crippen LogP) is 2.78. The molecule has 0 spiro atoms. The molecule has 0 bridgehead atoms. The summed E-state index contributed by atoms with van der Waals surface area (Å²) in [5, 5.41) is 0. The fourth-order valence-electron chi connectivity index (χ4n) is 1.41. The van der Waals surface area contributed by atoms with Crippen LogP contribution in [0.1, 0.15) is 38.8 Å². The lowest BCUT2D eigenvalue weighted by Crippen LogP contribution is -2.40. The monoisotopic (exact) mass is 250 g/mol. The molecule has 0 atom stereocenters. The molecule has 1 aromatic rings. The van der Waals surface area contributed by atoms with E-state index in [1.807, 2.05) is 32.9 Å². The van der Waals surface area contributed by atoms with E-state index in [-0.39, 0.29) is 0 Å². The quantitative estimate of drug-likeness (QED) is 0.808. The van der Waals surface area contributed by atoms with E-state index >= 15 is 0 Å². The van der Waals surface area contributed by atoms with Crippen molar-refractivity contribution in [3.63, 3.8) is 0 Å². The summed E-state index contributed by atoms with van der Waals surface area (Å²) in [6, 6.07) is 8.26. The van der Waals surface area contributed by atoms with Crippen molar-refractivity contribution < 1.29 is 9.53 Å². The van der Waals surface area contributed by atoms with Gasteiger partial charge in [0, 0.05) is 6.54 Å². The fraction of sp³-hybridized carbons (Fsp3) is 0.500. The number of nitrogens with one attached hydrogen (secondary N) is 2. The van der Waals surface area contributed by atoms with Gasteiger partial charge in [-0.1, -0.05) is 31.2 Å². The van der Waals surface area contributed by atoms with Gasteiger partial charge in [0.1, 0.15) is 5.60 Å². The minimum absolute atomic E-state index is 0.465. The molecule has 4 heteroatoms. The van der Waals surface area contributed by atoms with Gasteiger partial charge in [0.05, 0.1) is 0 Å². The van der Waals surface area contributed by atoms with Crippen LogP contribution in [0.5, 0.6) is 0 Å². The van der Waals surface area contributed by atoms with Crippen molar-refractivity contribution in [2.75, 3.05) is 0 Å². The second kappa shape index (κ2) is 6.40. The molecule has 0 aromatic heterocycles. The number of hydrogen-bond acceptors (Lipinski definition) is 3. The van der Waals surface area contributed by atoms with Crippen molar-refractivity contribution in [3.8, 4) is 0 Å². The summed E-state index contributed by atoms with van der Waals surface area (Å²) in [5.74, 6) is 0. The summed E-state index contributed by atoms with van der Waals surface area (Å²) in [4.78, 5) is 11.4. The molecule has 18 heavy (non-hydrogen) atoms. The SMILES string of the molecule is CCc1ccc(CNNC(=O)OC(C)(C)C)cc1. The first-order valence-corrected chi connectivity index (χ1v) is 6.20. The van der Waals surface area contributed by atoms with Crippen LogP contribution in [0.2, 0.25) is 0 Å². The number of aryl methyl sites for hydroxylation is 1. The van der Waals surface area contributed by atoms with Gasteiger partial charge >= 0.3 is 6.09 Å². The Morgan fingerprint density at radius 3 is 2.22 bits per heavy atom. The number of hydrazine groups is 1. The molecule has 1 rings (SSSR count). The van der Waals surface area contributed by atoms with Gasteiger partial charge in [0.2, 0.25) is 0 Å². The first-order valence-electron chi connectivity index (χ1n) is 6.20. The molecule has 2 N–H and O–H groups in total. The van der Waals surface area contributed by atoms with Gasteiger partial charge in [0.15, 0.2) is 0 Å². The maximum atomic E-state index is 11.4. The van der Waals surface area contributed by atoms with Crippen molar-refractivity contribution in [2.45, 2.75) is 46.3 Å². The number of carbonyl (C=O) groups excluding carboxylic acids is 1. The largest absolute Gasteiger partial charge is 0.443 e. The summed E-state index contributed by atoms with van der Waals surface area (Å²) in [6.45, 7) is 8.18. The maximum absolute atomic E-state index is 11.4. The summed E-state index contributed by atoms with van der Waals surface area (Å²) in [6.07, 6.45) is 0.567. The van der Waals surface area contributed by atoms with E-state index in [1.54, 1.807) is 0 Å². The average Bonchev–Trinajstić information content (AvgIpc) is 2.27. The number of rotatable bonds is 4.